The zero-order valence-corrected chi connectivity index (χ0v) is 16.0. The first-order chi connectivity index (χ1) is 10.8. The van der Waals surface area contributed by atoms with Crippen LogP contribution >= 0.6 is 35.6 Å². The first-order valence-corrected chi connectivity index (χ1v) is 9.24. The van der Waals surface area contributed by atoms with Gasteiger partial charge in [-0.15, -0.1) is 0 Å². The fraction of sp³-hybridized carbons (Fsp3) is 0.412. The Kier molecular flexibility index (Phi) is 6.12. The number of rotatable bonds is 4. The van der Waals surface area contributed by atoms with E-state index in [9.17, 15) is 4.79 Å². The molecule has 0 amide bonds. The van der Waals surface area contributed by atoms with Crippen molar-refractivity contribution in [1.29, 1.82) is 0 Å². The summed E-state index contributed by atoms with van der Waals surface area (Å²) in [4.78, 5) is 14.3. The average molecular weight is 370 g/mol. The van der Waals surface area contributed by atoms with E-state index in [1.807, 2.05) is 0 Å². The molecule has 0 unspecified atom stereocenters. The van der Waals surface area contributed by atoms with Crippen LogP contribution in [-0.4, -0.2) is 21.3 Å². The zero-order chi connectivity index (χ0) is 17.1. The van der Waals surface area contributed by atoms with Crippen LogP contribution in [0.2, 0.25) is 5.02 Å². The summed E-state index contributed by atoms with van der Waals surface area (Å²) >= 11 is 13.0. The summed E-state index contributed by atoms with van der Waals surface area (Å²) in [5.41, 5.74) is 0.449. The standard InChI is InChI=1S/C17H20ClNO2S2/c1-10(2)19(11(3)4)17(22)23-9-13-8-15(20)14-6-5-12(18)7-16(14)21-13/h5-8,10-11H,9H2,1-4H3. The molecule has 0 spiro atoms. The highest BCUT2D eigenvalue weighted by Crippen LogP contribution is 2.23. The van der Waals surface area contributed by atoms with E-state index in [0.717, 1.165) is 4.32 Å². The topological polar surface area (TPSA) is 33.5 Å². The van der Waals surface area contributed by atoms with Gasteiger partial charge < -0.3 is 9.32 Å². The van der Waals surface area contributed by atoms with Crippen LogP contribution in [0.5, 0.6) is 0 Å². The van der Waals surface area contributed by atoms with Crippen molar-refractivity contribution in [3.8, 4) is 0 Å². The van der Waals surface area contributed by atoms with Gasteiger partial charge in [-0.3, -0.25) is 4.79 Å². The Balaban J connectivity index is 2.19. The smallest absolute Gasteiger partial charge is 0.192 e. The van der Waals surface area contributed by atoms with Crippen molar-refractivity contribution in [2.45, 2.75) is 45.5 Å². The molecule has 6 heteroatoms. The fourth-order valence-electron chi connectivity index (χ4n) is 2.48. The van der Waals surface area contributed by atoms with Crippen molar-refractivity contribution in [2.24, 2.45) is 0 Å². The minimum absolute atomic E-state index is 0.0611. The molecule has 2 rings (SSSR count). The van der Waals surface area contributed by atoms with Crippen molar-refractivity contribution >= 4 is 50.9 Å². The predicted molar refractivity (Wildman–Crippen MR) is 103 cm³/mol. The van der Waals surface area contributed by atoms with Gasteiger partial charge in [0.2, 0.25) is 0 Å². The van der Waals surface area contributed by atoms with E-state index >= 15 is 0 Å². The van der Waals surface area contributed by atoms with Crippen LogP contribution in [0.25, 0.3) is 11.0 Å². The monoisotopic (exact) mass is 369 g/mol. The molecule has 3 nitrogen and oxygen atoms in total. The van der Waals surface area contributed by atoms with Gasteiger partial charge in [0.15, 0.2) is 5.43 Å². The molecule has 124 valence electrons. The highest BCUT2D eigenvalue weighted by Gasteiger charge is 2.17. The molecule has 0 radical (unpaired) electrons. The van der Waals surface area contributed by atoms with E-state index in [4.69, 9.17) is 28.2 Å². The molecular formula is C17H20ClNO2S2. The van der Waals surface area contributed by atoms with Crippen LogP contribution in [0, 0.1) is 0 Å². The molecule has 0 saturated heterocycles. The molecule has 1 heterocycles. The van der Waals surface area contributed by atoms with Crippen molar-refractivity contribution in [1.82, 2.24) is 4.90 Å². The summed E-state index contributed by atoms with van der Waals surface area (Å²) in [5.74, 6) is 1.12. The number of nitrogens with zero attached hydrogens (tertiary/aromatic N) is 1. The molecule has 23 heavy (non-hydrogen) atoms. The highest BCUT2D eigenvalue weighted by atomic mass is 35.5. The Hall–Kier alpha value is -1.04. The third-order valence-corrected chi connectivity index (χ3v) is 5.09. The summed E-state index contributed by atoms with van der Waals surface area (Å²) in [6, 6.07) is 7.23. The van der Waals surface area contributed by atoms with E-state index in [1.165, 1.54) is 17.8 Å². The van der Waals surface area contributed by atoms with Crippen molar-refractivity contribution in [2.75, 3.05) is 0 Å². The van der Waals surface area contributed by atoms with E-state index in [-0.39, 0.29) is 5.43 Å². The second kappa shape index (κ2) is 7.69. The van der Waals surface area contributed by atoms with Gasteiger partial charge in [0.1, 0.15) is 15.7 Å². The molecular weight excluding hydrogens is 350 g/mol. The van der Waals surface area contributed by atoms with E-state index in [2.05, 4.69) is 32.6 Å². The molecule has 0 aliphatic heterocycles. The molecule has 2 aromatic rings. The highest BCUT2D eigenvalue weighted by molar-refractivity contribution is 8.22. The molecule has 0 atom stereocenters. The van der Waals surface area contributed by atoms with Crippen LogP contribution in [-0.2, 0) is 5.75 Å². The minimum Gasteiger partial charge on any atom is -0.460 e. The third-order valence-electron chi connectivity index (χ3n) is 3.40. The number of benzene rings is 1. The Morgan fingerprint density at radius 3 is 2.52 bits per heavy atom. The number of thioether (sulfide) groups is 1. The second-order valence-corrected chi connectivity index (χ2v) is 7.91. The average Bonchev–Trinajstić information content (AvgIpc) is 2.43. The van der Waals surface area contributed by atoms with Crippen LogP contribution in [0.15, 0.2) is 33.5 Å². The van der Waals surface area contributed by atoms with E-state index < -0.39 is 0 Å². The third kappa shape index (κ3) is 4.49. The molecule has 0 aliphatic rings. The maximum Gasteiger partial charge on any atom is 0.192 e. The zero-order valence-electron chi connectivity index (χ0n) is 13.6. The first-order valence-electron chi connectivity index (χ1n) is 7.47. The predicted octanol–water partition coefficient (Wildman–Crippen LogP) is 5.08. The lowest BCUT2D eigenvalue weighted by atomic mass is 10.2. The van der Waals surface area contributed by atoms with Gasteiger partial charge in [-0.1, -0.05) is 35.6 Å². The Labute approximate surface area is 151 Å². The summed E-state index contributed by atoms with van der Waals surface area (Å²) in [7, 11) is 0. The maximum atomic E-state index is 12.2. The number of hydrogen-bond acceptors (Lipinski definition) is 4. The van der Waals surface area contributed by atoms with E-state index in [0.29, 0.717) is 39.6 Å². The second-order valence-electron chi connectivity index (χ2n) is 5.87. The number of halogens is 1. The first kappa shape index (κ1) is 18.3. The SMILES string of the molecule is CC(C)N(C(=S)SCc1cc(=O)c2ccc(Cl)cc2o1)C(C)C. The lowest BCUT2D eigenvalue weighted by molar-refractivity contribution is 0.303. The van der Waals surface area contributed by atoms with Crippen LogP contribution in [0.3, 0.4) is 0 Å². The Bertz CT molecular complexity index is 763. The molecule has 0 aliphatic carbocycles. The van der Waals surface area contributed by atoms with Crippen LogP contribution < -0.4 is 5.43 Å². The quantitative estimate of drug-likeness (QED) is 0.701. The largest absolute Gasteiger partial charge is 0.460 e. The van der Waals surface area contributed by atoms with E-state index in [1.54, 1.807) is 18.2 Å². The molecule has 1 aromatic carbocycles. The van der Waals surface area contributed by atoms with Gasteiger partial charge in [-0.05, 0) is 39.8 Å². The Morgan fingerprint density at radius 2 is 1.91 bits per heavy atom. The molecule has 0 fully saturated rings. The summed E-state index contributed by atoms with van der Waals surface area (Å²) in [6.07, 6.45) is 0. The maximum absolute atomic E-state index is 12.2. The van der Waals surface area contributed by atoms with Gasteiger partial charge in [0, 0.05) is 29.2 Å². The summed E-state index contributed by atoms with van der Waals surface area (Å²) in [6.45, 7) is 8.46. The molecule has 0 bridgehead atoms. The lowest BCUT2D eigenvalue weighted by Gasteiger charge is -2.32. The van der Waals surface area contributed by atoms with Crippen molar-refractivity contribution in [3.05, 3.63) is 45.3 Å². The number of hydrogen-bond donors (Lipinski definition) is 0. The van der Waals surface area contributed by atoms with Gasteiger partial charge >= 0.3 is 0 Å². The molecule has 0 N–H and O–H groups in total. The molecule has 0 saturated carbocycles. The van der Waals surface area contributed by atoms with Gasteiger partial charge in [-0.25, -0.2) is 0 Å². The van der Waals surface area contributed by atoms with Gasteiger partial charge in [0.05, 0.1) is 11.1 Å². The van der Waals surface area contributed by atoms with Crippen molar-refractivity contribution < 1.29 is 4.42 Å². The number of fused-ring (bicyclic) bond motifs is 1. The molecule has 1 aromatic heterocycles. The van der Waals surface area contributed by atoms with Crippen LogP contribution in [0.1, 0.15) is 33.5 Å². The lowest BCUT2D eigenvalue weighted by Crippen LogP contribution is -2.39. The van der Waals surface area contributed by atoms with Gasteiger partial charge in [-0.2, -0.15) is 0 Å². The fourth-order valence-corrected chi connectivity index (χ4v) is 4.21. The number of thiocarbonyl (C=S) groups is 1. The van der Waals surface area contributed by atoms with Crippen molar-refractivity contribution in [3.63, 3.8) is 0 Å². The Morgan fingerprint density at radius 1 is 1.26 bits per heavy atom. The van der Waals surface area contributed by atoms with Crippen LogP contribution in [0.4, 0.5) is 0 Å². The summed E-state index contributed by atoms with van der Waals surface area (Å²) < 4.78 is 6.60. The summed E-state index contributed by atoms with van der Waals surface area (Å²) in [5, 5.41) is 1.09. The minimum atomic E-state index is -0.0611. The van der Waals surface area contributed by atoms with Gasteiger partial charge in [0.25, 0.3) is 0 Å². The normalized spacial score (nSPS) is 11.4.